The van der Waals surface area contributed by atoms with Crippen molar-refractivity contribution in [3.8, 4) is 5.75 Å². The molecule has 1 heterocycles. The fourth-order valence-electron chi connectivity index (χ4n) is 1.49. The summed E-state index contributed by atoms with van der Waals surface area (Å²) in [6, 6.07) is 8.73. The largest absolute Gasteiger partial charge is 0.479 e. The van der Waals surface area contributed by atoms with Crippen LogP contribution in [-0.2, 0) is 11.8 Å². The highest BCUT2D eigenvalue weighted by Gasteiger charge is 2.16. The number of halogens is 1. The smallest absolute Gasteiger partial charge is 0.266 e. The van der Waals surface area contributed by atoms with E-state index in [-0.39, 0.29) is 5.91 Å². The van der Waals surface area contributed by atoms with Gasteiger partial charge in [0.1, 0.15) is 5.75 Å². The zero-order chi connectivity index (χ0) is 13.8. The van der Waals surface area contributed by atoms with Crippen molar-refractivity contribution in [2.75, 3.05) is 5.32 Å². The van der Waals surface area contributed by atoms with Gasteiger partial charge in [0.15, 0.2) is 11.9 Å². The van der Waals surface area contributed by atoms with Crippen LogP contribution < -0.4 is 10.1 Å². The van der Waals surface area contributed by atoms with Gasteiger partial charge in [-0.05, 0) is 19.1 Å². The van der Waals surface area contributed by atoms with Crippen molar-refractivity contribution in [2.24, 2.45) is 7.05 Å². The molecular weight excluding hydrogens is 266 g/mol. The minimum absolute atomic E-state index is 0.279. The minimum atomic E-state index is -0.665. The molecular formula is C13H14ClN3O2. The highest BCUT2D eigenvalue weighted by Crippen LogP contribution is 2.24. The summed E-state index contributed by atoms with van der Waals surface area (Å²) in [5, 5.41) is 7.20. The molecule has 0 saturated heterocycles. The maximum absolute atomic E-state index is 11.9. The van der Waals surface area contributed by atoms with E-state index in [9.17, 15) is 4.79 Å². The number of ether oxygens (including phenoxy) is 1. The van der Waals surface area contributed by atoms with Crippen LogP contribution in [0.25, 0.3) is 0 Å². The first-order valence-corrected chi connectivity index (χ1v) is 6.16. The number of nitrogens with one attached hydrogen (secondary N) is 1. The quantitative estimate of drug-likeness (QED) is 0.935. The van der Waals surface area contributed by atoms with E-state index in [2.05, 4.69) is 10.4 Å². The van der Waals surface area contributed by atoms with Crippen LogP contribution in [0.2, 0.25) is 5.02 Å². The van der Waals surface area contributed by atoms with E-state index in [0.29, 0.717) is 16.6 Å². The Balaban J connectivity index is 1.98. The lowest BCUT2D eigenvalue weighted by Crippen LogP contribution is -2.30. The molecule has 1 aromatic heterocycles. The van der Waals surface area contributed by atoms with E-state index in [0.717, 1.165) is 0 Å². The molecule has 1 atom stereocenters. The Morgan fingerprint density at radius 2 is 2.16 bits per heavy atom. The molecule has 0 aliphatic heterocycles. The number of nitrogens with zero attached hydrogens (tertiary/aromatic N) is 2. The van der Waals surface area contributed by atoms with Gasteiger partial charge in [-0.15, -0.1) is 0 Å². The van der Waals surface area contributed by atoms with Gasteiger partial charge in [-0.3, -0.25) is 9.48 Å². The molecule has 2 rings (SSSR count). The zero-order valence-corrected chi connectivity index (χ0v) is 11.4. The number of hydrogen-bond acceptors (Lipinski definition) is 3. The molecule has 100 valence electrons. The van der Waals surface area contributed by atoms with Gasteiger partial charge in [-0.2, -0.15) is 5.10 Å². The van der Waals surface area contributed by atoms with Crippen LogP contribution in [0.1, 0.15) is 6.92 Å². The van der Waals surface area contributed by atoms with Crippen molar-refractivity contribution in [1.82, 2.24) is 9.78 Å². The van der Waals surface area contributed by atoms with Gasteiger partial charge in [0.25, 0.3) is 5.91 Å². The molecule has 0 bridgehead atoms. The van der Waals surface area contributed by atoms with E-state index < -0.39 is 6.10 Å². The van der Waals surface area contributed by atoms with Crippen LogP contribution in [0.5, 0.6) is 5.75 Å². The van der Waals surface area contributed by atoms with Crippen molar-refractivity contribution in [3.05, 3.63) is 41.6 Å². The van der Waals surface area contributed by atoms with Crippen molar-refractivity contribution in [3.63, 3.8) is 0 Å². The van der Waals surface area contributed by atoms with Crippen LogP contribution in [0, 0.1) is 0 Å². The number of aryl methyl sites for hydroxylation is 1. The second kappa shape index (κ2) is 5.75. The Hall–Kier alpha value is -2.01. The monoisotopic (exact) mass is 279 g/mol. The summed E-state index contributed by atoms with van der Waals surface area (Å²) in [6.45, 7) is 1.65. The van der Waals surface area contributed by atoms with Crippen LogP contribution in [0.3, 0.4) is 0 Å². The lowest BCUT2D eigenvalue weighted by molar-refractivity contribution is -0.122. The van der Waals surface area contributed by atoms with Crippen LogP contribution in [-0.4, -0.2) is 21.8 Å². The topological polar surface area (TPSA) is 56.1 Å². The van der Waals surface area contributed by atoms with Crippen LogP contribution >= 0.6 is 11.6 Å². The molecule has 1 amide bonds. The Morgan fingerprint density at radius 1 is 1.42 bits per heavy atom. The molecule has 0 aliphatic rings. The highest BCUT2D eigenvalue weighted by atomic mass is 35.5. The van der Waals surface area contributed by atoms with Gasteiger partial charge in [0.2, 0.25) is 0 Å². The average molecular weight is 280 g/mol. The Bertz CT molecular complexity index is 583. The van der Waals surface area contributed by atoms with Crippen molar-refractivity contribution in [2.45, 2.75) is 13.0 Å². The molecule has 1 N–H and O–H groups in total. The Labute approximate surface area is 116 Å². The van der Waals surface area contributed by atoms with Gasteiger partial charge in [-0.25, -0.2) is 0 Å². The summed E-state index contributed by atoms with van der Waals surface area (Å²) in [5.74, 6) is 0.688. The molecule has 5 nitrogen and oxygen atoms in total. The fourth-order valence-corrected chi connectivity index (χ4v) is 1.67. The van der Waals surface area contributed by atoms with Gasteiger partial charge in [0, 0.05) is 19.3 Å². The fraction of sp³-hybridized carbons (Fsp3) is 0.231. The molecule has 0 aliphatic carbocycles. The van der Waals surface area contributed by atoms with Crippen LogP contribution in [0.15, 0.2) is 36.5 Å². The standard InChI is InChI=1S/C13H14ClN3O2/c1-9(19-11-6-4-3-5-10(11)14)13(18)15-12-7-8-17(2)16-12/h3-9H,1-2H3,(H,15,16,18). The first-order valence-electron chi connectivity index (χ1n) is 5.78. The maximum atomic E-state index is 11.9. The summed E-state index contributed by atoms with van der Waals surface area (Å²) < 4.78 is 7.11. The first-order chi connectivity index (χ1) is 9.06. The van der Waals surface area contributed by atoms with Gasteiger partial charge in [-0.1, -0.05) is 23.7 Å². The summed E-state index contributed by atoms with van der Waals surface area (Å²) in [6.07, 6.45) is 1.08. The number of carbonyl (C=O) groups excluding carboxylic acids is 1. The number of hydrogen-bond donors (Lipinski definition) is 1. The maximum Gasteiger partial charge on any atom is 0.266 e. The van der Waals surface area contributed by atoms with E-state index >= 15 is 0 Å². The summed E-state index contributed by atoms with van der Waals surface area (Å²) in [7, 11) is 1.78. The molecule has 1 unspecified atom stereocenters. The van der Waals surface area contributed by atoms with Gasteiger partial charge < -0.3 is 10.1 Å². The molecule has 2 aromatic rings. The van der Waals surface area contributed by atoms with Gasteiger partial charge in [0.05, 0.1) is 5.02 Å². The molecule has 6 heteroatoms. The number of para-hydroxylation sites is 1. The number of aromatic nitrogens is 2. The predicted octanol–water partition coefficient (Wildman–Crippen LogP) is 2.48. The third kappa shape index (κ3) is 3.48. The van der Waals surface area contributed by atoms with Crippen molar-refractivity contribution in [1.29, 1.82) is 0 Å². The predicted molar refractivity (Wildman–Crippen MR) is 73.4 cm³/mol. The average Bonchev–Trinajstić information content (AvgIpc) is 2.77. The summed E-state index contributed by atoms with van der Waals surface area (Å²) in [5.41, 5.74) is 0. The van der Waals surface area contributed by atoms with E-state index in [1.165, 1.54) is 0 Å². The molecule has 19 heavy (non-hydrogen) atoms. The molecule has 1 aromatic carbocycles. The molecule has 0 radical (unpaired) electrons. The molecule has 0 spiro atoms. The molecule has 0 saturated carbocycles. The molecule has 0 fully saturated rings. The lowest BCUT2D eigenvalue weighted by Gasteiger charge is -2.14. The summed E-state index contributed by atoms with van der Waals surface area (Å²) in [4.78, 5) is 11.9. The number of carbonyl (C=O) groups is 1. The van der Waals surface area contributed by atoms with Gasteiger partial charge >= 0.3 is 0 Å². The third-order valence-electron chi connectivity index (χ3n) is 2.47. The number of amides is 1. The SMILES string of the molecule is CC(Oc1ccccc1Cl)C(=O)Nc1ccn(C)n1. The normalized spacial score (nSPS) is 11.9. The van der Waals surface area contributed by atoms with Crippen LogP contribution in [0.4, 0.5) is 5.82 Å². The second-order valence-corrected chi connectivity index (χ2v) is 4.46. The summed E-state index contributed by atoms with van der Waals surface area (Å²) >= 11 is 5.96. The Kier molecular flexibility index (Phi) is 4.06. The third-order valence-corrected chi connectivity index (χ3v) is 2.79. The van der Waals surface area contributed by atoms with E-state index in [1.54, 1.807) is 55.2 Å². The Morgan fingerprint density at radius 3 is 2.79 bits per heavy atom. The first kappa shape index (κ1) is 13.4. The minimum Gasteiger partial charge on any atom is -0.479 e. The van der Waals surface area contributed by atoms with Crippen molar-refractivity contribution >= 4 is 23.3 Å². The highest BCUT2D eigenvalue weighted by molar-refractivity contribution is 6.32. The van der Waals surface area contributed by atoms with E-state index in [4.69, 9.17) is 16.3 Å². The number of anilines is 1. The zero-order valence-electron chi connectivity index (χ0n) is 10.6. The lowest BCUT2D eigenvalue weighted by atomic mass is 10.3. The second-order valence-electron chi connectivity index (χ2n) is 4.05. The van der Waals surface area contributed by atoms with E-state index in [1.807, 2.05) is 0 Å². The number of rotatable bonds is 4. The van der Waals surface area contributed by atoms with Crippen molar-refractivity contribution < 1.29 is 9.53 Å². The number of benzene rings is 1.